The third kappa shape index (κ3) is 4.97. The van der Waals surface area contributed by atoms with Gasteiger partial charge in [-0.25, -0.2) is 4.39 Å². The van der Waals surface area contributed by atoms with Crippen molar-refractivity contribution >= 4 is 11.6 Å². The van der Waals surface area contributed by atoms with Gasteiger partial charge in [0.1, 0.15) is 5.82 Å². The molecule has 0 unspecified atom stereocenters. The number of nitrogens with zero attached hydrogens (tertiary/aromatic N) is 2. The lowest BCUT2D eigenvalue weighted by molar-refractivity contribution is -0.128. The van der Waals surface area contributed by atoms with Crippen LogP contribution in [0, 0.1) is 17.7 Å². The molecule has 0 aliphatic carbocycles. The quantitative estimate of drug-likeness (QED) is 0.845. The zero-order chi connectivity index (χ0) is 18.5. The molecular formula is C21H32FN3O. The molecule has 1 aromatic rings. The number of benzene rings is 1. The largest absolute Gasteiger partial charge is 0.371 e. The molecule has 144 valence electrons. The lowest BCUT2D eigenvalue weighted by Crippen LogP contribution is -2.51. The monoisotopic (exact) mass is 361 g/mol. The van der Waals surface area contributed by atoms with Crippen LogP contribution in [-0.4, -0.2) is 49.6 Å². The topological polar surface area (TPSA) is 35.6 Å². The molecule has 5 heteroatoms. The van der Waals surface area contributed by atoms with Crippen molar-refractivity contribution in [1.82, 2.24) is 10.2 Å². The molecule has 3 rings (SSSR count). The summed E-state index contributed by atoms with van der Waals surface area (Å²) in [5, 5.41) is 3.21. The molecule has 1 amide bonds. The Hall–Kier alpha value is -1.62. The van der Waals surface area contributed by atoms with Gasteiger partial charge in [0.2, 0.25) is 5.91 Å². The molecule has 0 spiro atoms. The van der Waals surface area contributed by atoms with Gasteiger partial charge in [-0.15, -0.1) is 0 Å². The number of likely N-dealkylation sites (tertiary alicyclic amines) is 1. The minimum Gasteiger partial charge on any atom is -0.371 e. The smallest absolute Gasteiger partial charge is 0.237 e. The SMILES string of the molecule is CC(C)CN1CCCC[C@H]1C(=O)NC[C@@H]1CCN(c2ccc(F)cc2)C1. The fourth-order valence-corrected chi connectivity index (χ4v) is 4.22. The summed E-state index contributed by atoms with van der Waals surface area (Å²) in [6, 6.07) is 6.73. The summed E-state index contributed by atoms with van der Waals surface area (Å²) in [6.07, 6.45) is 4.39. The van der Waals surface area contributed by atoms with Crippen LogP contribution in [0.5, 0.6) is 0 Å². The Morgan fingerprint density at radius 1 is 1.19 bits per heavy atom. The first kappa shape index (κ1) is 19.2. The van der Waals surface area contributed by atoms with Crippen LogP contribution >= 0.6 is 0 Å². The van der Waals surface area contributed by atoms with E-state index < -0.39 is 0 Å². The molecule has 2 atom stereocenters. The van der Waals surface area contributed by atoms with Crippen LogP contribution in [0.25, 0.3) is 0 Å². The number of piperidine rings is 1. The van der Waals surface area contributed by atoms with Gasteiger partial charge in [0.25, 0.3) is 0 Å². The number of amides is 1. The fourth-order valence-electron chi connectivity index (χ4n) is 4.22. The molecule has 26 heavy (non-hydrogen) atoms. The van der Waals surface area contributed by atoms with Crippen LogP contribution in [0.1, 0.15) is 39.5 Å². The van der Waals surface area contributed by atoms with Crippen molar-refractivity contribution in [3.8, 4) is 0 Å². The first-order valence-electron chi connectivity index (χ1n) is 10.0. The average molecular weight is 362 g/mol. The summed E-state index contributed by atoms with van der Waals surface area (Å²) in [6.45, 7) is 9.10. The van der Waals surface area contributed by atoms with E-state index in [1.54, 1.807) is 0 Å². The molecule has 0 radical (unpaired) electrons. The van der Waals surface area contributed by atoms with Crippen LogP contribution in [0.4, 0.5) is 10.1 Å². The molecule has 2 fully saturated rings. The fraction of sp³-hybridized carbons (Fsp3) is 0.667. The molecule has 2 aliphatic rings. The summed E-state index contributed by atoms with van der Waals surface area (Å²) < 4.78 is 13.1. The highest BCUT2D eigenvalue weighted by Gasteiger charge is 2.30. The summed E-state index contributed by atoms with van der Waals surface area (Å²) >= 11 is 0. The van der Waals surface area contributed by atoms with Gasteiger partial charge in [-0.2, -0.15) is 0 Å². The molecular weight excluding hydrogens is 329 g/mol. The molecule has 0 saturated carbocycles. The van der Waals surface area contributed by atoms with E-state index in [9.17, 15) is 9.18 Å². The van der Waals surface area contributed by atoms with Gasteiger partial charge in [0.05, 0.1) is 6.04 Å². The number of carbonyl (C=O) groups is 1. The number of halogens is 1. The van der Waals surface area contributed by atoms with E-state index in [1.165, 1.54) is 18.6 Å². The maximum Gasteiger partial charge on any atom is 0.237 e. The molecule has 2 aliphatic heterocycles. The van der Waals surface area contributed by atoms with Gasteiger partial charge in [-0.3, -0.25) is 9.69 Å². The van der Waals surface area contributed by atoms with Crippen molar-refractivity contribution in [1.29, 1.82) is 0 Å². The molecule has 4 nitrogen and oxygen atoms in total. The number of hydrogen-bond donors (Lipinski definition) is 1. The van der Waals surface area contributed by atoms with Crippen LogP contribution in [0.15, 0.2) is 24.3 Å². The van der Waals surface area contributed by atoms with Crippen molar-refractivity contribution in [2.75, 3.05) is 37.6 Å². The third-order valence-electron chi connectivity index (χ3n) is 5.56. The Morgan fingerprint density at radius 2 is 1.96 bits per heavy atom. The highest BCUT2D eigenvalue weighted by atomic mass is 19.1. The maximum absolute atomic E-state index is 13.1. The van der Waals surface area contributed by atoms with E-state index in [2.05, 4.69) is 29.0 Å². The Labute approximate surface area is 156 Å². The van der Waals surface area contributed by atoms with Crippen LogP contribution in [0.3, 0.4) is 0 Å². The molecule has 1 N–H and O–H groups in total. The maximum atomic E-state index is 13.1. The zero-order valence-electron chi connectivity index (χ0n) is 16.1. The van der Waals surface area contributed by atoms with Crippen molar-refractivity contribution < 1.29 is 9.18 Å². The van der Waals surface area contributed by atoms with Gasteiger partial charge in [0.15, 0.2) is 0 Å². The Balaban J connectivity index is 1.47. The van der Waals surface area contributed by atoms with Gasteiger partial charge in [-0.1, -0.05) is 20.3 Å². The number of nitrogens with one attached hydrogen (secondary N) is 1. The van der Waals surface area contributed by atoms with Gasteiger partial charge in [0, 0.05) is 31.9 Å². The van der Waals surface area contributed by atoms with Crippen LogP contribution in [0.2, 0.25) is 0 Å². The molecule has 2 saturated heterocycles. The second-order valence-electron chi connectivity index (χ2n) is 8.22. The molecule has 2 heterocycles. The molecule has 0 bridgehead atoms. The molecule has 0 aromatic heterocycles. The van der Waals surface area contributed by atoms with E-state index in [1.807, 2.05) is 12.1 Å². The average Bonchev–Trinajstić information content (AvgIpc) is 3.09. The number of hydrogen-bond acceptors (Lipinski definition) is 3. The van der Waals surface area contributed by atoms with E-state index in [0.717, 1.165) is 57.7 Å². The highest BCUT2D eigenvalue weighted by molar-refractivity contribution is 5.81. The second-order valence-corrected chi connectivity index (χ2v) is 8.22. The summed E-state index contributed by atoms with van der Waals surface area (Å²) in [7, 11) is 0. The van der Waals surface area contributed by atoms with Crippen LogP contribution in [-0.2, 0) is 4.79 Å². The standard InChI is InChI=1S/C21H32FN3O/c1-16(2)14-25-11-4-3-5-20(25)21(26)23-13-17-10-12-24(15-17)19-8-6-18(22)7-9-19/h6-9,16-17,20H,3-5,10-15H2,1-2H3,(H,23,26)/t17-,20-/m0/s1. The zero-order valence-corrected chi connectivity index (χ0v) is 16.1. The minimum atomic E-state index is -0.199. The third-order valence-corrected chi connectivity index (χ3v) is 5.56. The Bertz CT molecular complexity index is 589. The van der Waals surface area contributed by atoms with Gasteiger partial charge < -0.3 is 10.2 Å². The number of carbonyl (C=O) groups excluding carboxylic acids is 1. The first-order chi connectivity index (χ1) is 12.5. The Morgan fingerprint density at radius 3 is 2.69 bits per heavy atom. The Kier molecular flexibility index (Phi) is 6.52. The van der Waals surface area contributed by atoms with Crippen molar-refractivity contribution in [3.05, 3.63) is 30.1 Å². The second kappa shape index (κ2) is 8.85. The van der Waals surface area contributed by atoms with Crippen molar-refractivity contribution in [3.63, 3.8) is 0 Å². The lowest BCUT2D eigenvalue weighted by Gasteiger charge is -2.35. The van der Waals surface area contributed by atoms with E-state index in [0.29, 0.717) is 11.8 Å². The predicted octanol–water partition coefficient (Wildman–Crippen LogP) is 3.28. The van der Waals surface area contributed by atoms with Crippen molar-refractivity contribution in [2.24, 2.45) is 11.8 Å². The lowest BCUT2D eigenvalue weighted by atomic mass is 9.99. The first-order valence-corrected chi connectivity index (χ1v) is 10.0. The molecule has 1 aromatic carbocycles. The van der Waals surface area contributed by atoms with Gasteiger partial charge >= 0.3 is 0 Å². The van der Waals surface area contributed by atoms with Crippen molar-refractivity contribution in [2.45, 2.75) is 45.6 Å². The normalized spacial score (nSPS) is 24.2. The summed E-state index contributed by atoms with van der Waals surface area (Å²) in [5.41, 5.74) is 1.07. The van der Waals surface area contributed by atoms with Crippen LogP contribution < -0.4 is 10.2 Å². The summed E-state index contributed by atoms with van der Waals surface area (Å²) in [5.74, 6) is 1.05. The van der Waals surface area contributed by atoms with E-state index in [-0.39, 0.29) is 17.8 Å². The number of anilines is 1. The van der Waals surface area contributed by atoms with E-state index in [4.69, 9.17) is 0 Å². The highest BCUT2D eigenvalue weighted by Crippen LogP contribution is 2.24. The van der Waals surface area contributed by atoms with E-state index >= 15 is 0 Å². The van der Waals surface area contributed by atoms with Gasteiger partial charge in [-0.05, 0) is 61.9 Å². The number of rotatable bonds is 6. The predicted molar refractivity (Wildman–Crippen MR) is 104 cm³/mol. The summed E-state index contributed by atoms with van der Waals surface area (Å²) in [4.78, 5) is 17.4. The minimum absolute atomic E-state index is 0.0424.